The predicted molar refractivity (Wildman–Crippen MR) is 197 cm³/mol. The van der Waals surface area contributed by atoms with E-state index in [1.54, 1.807) is 0 Å². The molecule has 0 saturated heterocycles. The van der Waals surface area contributed by atoms with Gasteiger partial charge in [0.2, 0.25) is 0 Å². The van der Waals surface area contributed by atoms with E-state index in [1.807, 2.05) is 17.4 Å². The number of fused-ring (bicyclic) bond motifs is 4. The molecule has 7 aromatic carbocycles. The zero-order valence-corrected chi connectivity index (χ0v) is 26.2. The third kappa shape index (κ3) is 4.96. The van der Waals surface area contributed by atoms with E-state index in [4.69, 9.17) is 15.0 Å². The minimum atomic E-state index is 0.653. The van der Waals surface area contributed by atoms with Crippen molar-refractivity contribution in [2.75, 3.05) is 0 Å². The molecule has 2 aromatic heterocycles. The molecule has 0 saturated carbocycles. The number of aromatic nitrogens is 3. The van der Waals surface area contributed by atoms with Crippen molar-refractivity contribution in [2.24, 2.45) is 0 Å². The Hall–Kier alpha value is -5.97. The molecule has 9 aromatic rings. The highest BCUT2D eigenvalue weighted by Gasteiger charge is 2.17. The van der Waals surface area contributed by atoms with Crippen LogP contribution in [0.4, 0.5) is 0 Å². The van der Waals surface area contributed by atoms with Gasteiger partial charge in [0.05, 0.1) is 0 Å². The van der Waals surface area contributed by atoms with Crippen molar-refractivity contribution in [3.63, 3.8) is 0 Å². The van der Waals surface area contributed by atoms with E-state index in [0.717, 1.165) is 33.0 Å². The van der Waals surface area contributed by atoms with E-state index < -0.39 is 0 Å². The Kier molecular flexibility index (Phi) is 6.65. The smallest absolute Gasteiger partial charge is 0.164 e. The van der Waals surface area contributed by atoms with Gasteiger partial charge in [-0.1, -0.05) is 152 Å². The van der Waals surface area contributed by atoms with Crippen LogP contribution in [0.15, 0.2) is 164 Å². The third-order valence-corrected chi connectivity index (χ3v) is 9.87. The summed E-state index contributed by atoms with van der Waals surface area (Å²) in [4.78, 5) is 15.3. The van der Waals surface area contributed by atoms with Crippen LogP contribution in [0.5, 0.6) is 0 Å². The molecule has 220 valence electrons. The summed E-state index contributed by atoms with van der Waals surface area (Å²) in [6.07, 6.45) is 0. The van der Waals surface area contributed by atoms with Gasteiger partial charge in [-0.3, -0.25) is 0 Å². The van der Waals surface area contributed by atoms with Crippen LogP contribution in [0.3, 0.4) is 0 Å². The minimum Gasteiger partial charge on any atom is -0.208 e. The van der Waals surface area contributed by atoms with Gasteiger partial charge >= 0.3 is 0 Å². The Bertz CT molecular complexity index is 2550. The van der Waals surface area contributed by atoms with Crippen molar-refractivity contribution >= 4 is 42.3 Å². The van der Waals surface area contributed by atoms with E-state index in [1.165, 1.54) is 36.9 Å². The first-order valence-corrected chi connectivity index (χ1v) is 16.5. The fourth-order valence-corrected chi connectivity index (χ4v) is 7.61. The van der Waals surface area contributed by atoms with E-state index in [9.17, 15) is 0 Å². The first-order chi connectivity index (χ1) is 23.3. The second-order valence-electron chi connectivity index (χ2n) is 11.6. The summed E-state index contributed by atoms with van der Waals surface area (Å²) < 4.78 is 2.48. The third-order valence-electron chi connectivity index (χ3n) is 8.76. The van der Waals surface area contributed by atoms with Crippen LogP contribution in [-0.4, -0.2) is 15.0 Å². The highest BCUT2D eigenvalue weighted by Crippen LogP contribution is 2.41. The molecule has 0 aliphatic rings. The quantitative estimate of drug-likeness (QED) is 0.193. The number of benzene rings is 7. The van der Waals surface area contributed by atoms with Gasteiger partial charge in [0.25, 0.3) is 0 Å². The summed E-state index contributed by atoms with van der Waals surface area (Å²) in [5, 5.41) is 4.80. The van der Waals surface area contributed by atoms with Crippen LogP contribution in [0, 0.1) is 0 Å². The topological polar surface area (TPSA) is 38.7 Å². The molecule has 0 radical (unpaired) electrons. The molecule has 0 bridgehead atoms. The summed E-state index contributed by atoms with van der Waals surface area (Å²) in [6, 6.07) is 57.4. The van der Waals surface area contributed by atoms with Gasteiger partial charge in [0, 0.05) is 36.9 Å². The van der Waals surface area contributed by atoms with Crippen LogP contribution >= 0.6 is 11.3 Å². The number of hydrogen-bond donors (Lipinski definition) is 0. The molecule has 0 N–H and O–H groups in total. The molecule has 0 atom stereocenters. The lowest BCUT2D eigenvalue weighted by Crippen LogP contribution is -2.00. The second kappa shape index (κ2) is 11.4. The van der Waals surface area contributed by atoms with Gasteiger partial charge in [-0.25, -0.2) is 15.0 Å². The van der Waals surface area contributed by atoms with Crippen molar-refractivity contribution in [1.82, 2.24) is 15.0 Å². The van der Waals surface area contributed by atoms with Gasteiger partial charge in [-0.15, -0.1) is 11.3 Å². The van der Waals surface area contributed by atoms with Crippen molar-refractivity contribution < 1.29 is 0 Å². The molecule has 0 amide bonds. The van der Waals surface area contributed by atoms with Crippen LogP contribution in [-0.2, 0) is 0 Å². The van der Waals surface area contributed by atoms with Crippen LogP contribution in [0.25, 0.3) is 87.4 Å². The van der Waals surface area contributed by atoms with E-state index in [2.05, 4.69) is 158 Å². The van der Waals surface area contributed by atoms with E-state index in [0.29, 0.717) is 17.5 Å². The van der Waals surface area contributed by atoms with Gasteiger partial charge in [0.1, 0.15) is 0 Å². The zero-order chi connectivity index (χ0) is 31.2. The summed E-state index contributed by atoms with van der Waals surface area (Å²) in [7, 11) is 0. The molecular weight excluding hydrogens is 591 g/mol. The molecule has 9 rings (SSSR count). The van der Waals surface area contributed by atoms with Crippen LogP contribution < -0.4 is 0 Å². The lowest BCUT2D eigenvalue weighted by molar-refractivity contribution is 1.08. The standard InChI is InChI=1S/C43H27N3S/c1-3-11-28(12-4-1)29-21-23-32(24-22-29)41-44-42(46-43(45-41)36-19-9-16-30-15-7-8-17-34(30)36)33-25-26-37-39(27-33)47-38-20-10-18-35(40(37)38)31-13-5-2-6-14-31/h1-27H. The van der Waals surface area contributed by atoms with E-state index in [-0.39, 0.29) is 0 Å². The Morgan fingerprint density at radius 3 is 1.72 bits per heavy atom. The lowest BCUT2D eigenvalue weighted by atomic mass is 9.99. The molecule has 4 heteroatoms. The molecule has 0 unspecified atom stereocenters. The maximum atomic E-state index is 5.12. The lowest BCUT2D eigenvalue weighted by Gasteiger charge is -2.11. The Morgan fingerprint density at radius 1 is 0.340 bits per heavy atom. The highest BCUT2D eigenvalue weighted by molar-refractivity contribution is 7.26. The van der Waals surface area contributed by atoms with Crippen molar-refractivity contribution in [3.8, 4) is 56.4 Å². The SMILES string of the molecule is c1ccc(-c2ccc(-c3nc(-c4ccc5c(c4)sc4cccc(-c6ccccc6)c45)nc(-c4cccc5ccccc45)n3)cc2)cc1. The Balaban J connectivity index is 1.21. The summed E-state index contributed by atoms with van der Waals surface area (Å²) in [6.45, 7) is 0. The van der Waals surface area contributed by atoms with Crippen LogP contribution in [0.2, 0.25) is 0 Å². The average Bonchev–Trinajstić information content (AvgIpc) is 3.53. The molecular formula is C43H27N3S. The number of thiophene rings is 1. The fraction of sp³-hybridized carbons (Fsp3) is 0. The van der Waals surface area contributed by atoms with Crippen molar-refractivity contribution in [1.29, 1.82) is 0 Å². The first-order valence-electron chi connectivity index (χ1n) is 15.7. The second-order valence-corrected chi connectivity index (χ2v) is 12.7. The van der Waals surface area contributed by atoms with E-state index >= 15 is 0 Å². The Labute approximate surface area is 276 Å². The predicted octanol–water partition coefficient (Wildman–Crippen LogP) is 11.7. The van der Waals surface area contributed by atoms with Gasteiger partial charge in [-0.2, -0.15) is 0 Å². The molecule has 0 aliphatic heterocycles. The number of hydrogen-bond acceptors (Lipinski definition) is 4. The summed E-state index contributed by atoms with van der Waals surface area (Å²) in [5.74, 6) is 1.98. The monoisotopic (exact) mass is 617 g/mol. The molecule has 0 aliphatic carbocycles. The minimum absolute atomic E-state index is 0.653. The molecule has 2 heterocycles. The normalized spacial score (nSPS) is 11.4. The number of nitrogens with zero attached hydrogens (tertiary/aromatic N) is 3. The largest absolute Gasteiger partial charge is 0.208 e. The van der Waals surface area contributed by atoms with Crippen LogP contribution in [0.1, 0.15) is 0 Å². The summed E-state index contributed by atoms with van der Waals surface area (Å²) >= 11 is 1.81. The van der Waals surface area contributed by atoms with Crippen molar-refractivity contribution in [2.45, 2.75) is 0 Å². The first kappa shape index (κ1) is 27.3. The fourth-order valence-electron chi connectivity index (χ4n) is 6.44. The maximum absolute atomic E-state index is 5.12. The zero-order valence-electron chi connectivity index (χ0n) is 25.3. The molecule has 47 heavy (non-hydrogen) atoms. The number of rotatable bonds is 5. The van der Waals surface area contributed by atoms with Gasteiger partial charge < -0.3 is 0 Å². The maximum Gasteiger partial charge on any atom is 0.164 e. The molecule has 3 nitrogen and oxygen atoms in total. The van der Waals surface area contributed by atoms with Gasteiger partial charge in [-0.05, 0) is 45.2 Å². The van der Waals surface area contributed by atoms with Crippen molar-refractivity contribution in [3.05, 3.63) is 164 Å². The molecule has 0 fully saturated rings. The average molecular weight is 618 g/mol. The highest BCUT2D eigenvalue weighted by atomic mass is 32.1. The van der Waals surface area contributed by atoms with Gasteiger partial charge in [0.15, 0.2) is 17.5 Å². The Morgan fingerprint density at radius 2 is 0.915 bits per heavy atom. The summed E-state index contributed by atoms with van der Waals surface area (Å²) in [5.41, 5.74) is 7.72. The molecule has 0 spiro atoms.